The van der Waals surface area contributed by atoms with Gasteiger partial charge in [-0.05, 0) is 55.5 Å². The lowest BCUT2D eigenvalue weighted by Crippen LogP contribution is -2.39. The fourth-order valence-corrected chi connectivity index (χ4v) is 3.68. The number of hydrogen-bond donors (Lipinski definition) is 2. The second-order valence-corrected chi connectivity index (χ2v) is 7.18. The van der Waals surface area contributed by atoms with Crippen LogP contribution in [0.2, 0.25) is 0 Å². The molecule has 8 nitrogen and oxygen atoms in total. The van der Waals surface area contributed by atoms with E-state index in [-0.39, 0.29) is 17.8 Å². The second-order valence-electron chi connectivity index (χ2n) is 7.18. The lowest BCUT2D eigenvalue weighted by molar-refractivity contribution is -0.136. The van der Waals surface area contributed by atoms with E-state index in [1.807, 2.05) is 6.07 Å². The molecule has 8 heteroatoms. The molecule has 0 aliphatic carbocycles. The summed E-state index contributed by atoms with van der Waals surface area (Å²) in [6, 6.07) is 8.63. The summed E-state index contributed by atoms with van der Waals surface area (Å²) >= 11 is 0. The van der Waals surface area contributed by atoms with E-state index in [9.17, 15) is 14.4 Å². The molecule has 1 fully saturated rings. The Morgan fingerprint density at radius 2 is 2.03 bits per heavy atom. The fourth-order valence-electron chi connectivity index (χ4n) is 3.68. The van der Waals surface area contributed by atoms with Crippen LogP contribution in [-0.4, -0.2) is 43.5 Å². The number of anilines is 2. The third-order valence-electron chi connectivity index (χ3n) is 5.16. The van der Waals surface area contributed by atoms with Crippen molar-refractivity contribution in [2.45, 2.75) is 31.8 Å². The Kier molecular flexibility index (Phi) is 5.62. The SMILES string of the molecule is O=C(NC[C@H]1CCCO1)C(=O)Nc1ccc2c(c1)N(C(=O)c1ccco1)CCC2. The highest BCUT2D eigenvalue weighted by molar-refractivity contribution is 6.39. The van der Waals surface area contributed by atoms with E-state index in [4.69, 9.17) is 9.15 Å². The van der Waals surface area contributed by atoms with Gasteiger partial charge in [-0.3, -0.25) is 14.4 Å². The van der Waals surface area contributed by atoms with Crippen LogP contribution in [0.1, 0.15) is 35.4 Å². The fraction of sp³-hybridized carbons (Fsp3) is 0.381. The number of rotatable bonds is 4. The van der Waals surface area contributed by atoms with Gasteiger partial charge in [-0.15, -0.1) is 0 Å². The number of hydrogen-bond acceptors (Lipinski definition) is 5. The molecule has 3 heterocycles. The molecule has 2 aliphatic rings. The van der Waals surface area contributed by atoms with Gasteiger partial charge in [-0.2, -0.15) is 0 Å². The van der Waals surface area contributed by atoms with Crippen molar-refractivity contribution in [2.24, 2.45) is 0 Å². The summed E-state index contributed by atoms with van der Waals surface area (Å²) < 4.78 is 10.7. The van der Waals surface area contributed by atoms with E-state index in [0.29, 0.717) is 25.4 Å². The molecule has 3 amide bonds. The van der Waals surface area contributed by atoms with E-state index in [1.54, 1.807) is 29.2 Å². The maximum Gasteiger partial charge on any atom is 0.313 e. The van der Waals surface area contributed by atoms with Gasteiger partial charge in [0, 0.05) is 31.1 Å². The van der Waals surface area contributed by atoms with Crippen LogP contribution in [0.4, 0.5) is 11.4 Å². The Hall–Kier alpha value is -3.13. The summed E-state index contributed by atoms with van der Waals surface area (Å²) in [7, 11) is 0. The van der Waals surface area contributed by atoms with E-state index < -0.39 is 11.8 Å². The van der Waals surface area contributed by atoms with E-state index in [2.05, 4.69) is 10.6 Å². The van der Waals surface area contributed by atoms with Gasteiger partial charge >= 0.3 is 11.8 Å². The topological polar surface area (TPSA) is 101 Å². The predicted octanol–water partition coefficient (Wildman–Crippen LogP) is 2.11. The molecule has 0 spiro atoms. The van der Waals surface area contributed by atoms with Crippen LogP contribution in [0, 0.1) is 0 Å². The van der Waals surface area contributed by atoms with Gasteiger partial charge in [0.2, 0.25) is 0 Å². The quantitative estimate of drug-likeness (QED) is 0.770. The van der Waals surface area contributed by atoms with Crippen LogP contribution >= 0.6 is 0 Å². The number of furan rings is 1. The molecule has 0 bridgehead atoms. The highest BCUT2D eigenvalue weighted by Crippen LogP contribution is 2.31. The van der Waals surface area contributed by atoms with Crippen LogP contribution in [-0.2, 0) is 20.7 Å². The van der Waals surface area contributed by atoms with Gasteiger partial charge in [0.25, 0.3) is 5.91 Å². The minimum absolute atomic E-state index is 0.0309. The second kappa shape index (κ2) is 8.48. The van der Waals surface area contributed by atoms with Crippen molar-refractivity contribution in [2.75, 3.05) is 29.9 Å². The highest BCUT2D eigenvalue weighted by Gasteiger charge is 2.26. The number of amides is 3. The molecule has 4 rings (SSSR count). The van der Waals surface area contributed by atoms with Crippen molar-refractivity contribution in [3.05, 3.63) is 47.9 Å². The molecule has 2 aliphatic heterocycles. The van der Waals surface area contributed by atoms with Crippen LogP contribution in [0.3, 0.4) is 0 Å². The number of nitrogens with one attached hydrogen (secondary N) is 2. The largest absolute Gasteiger partial charge is 0.459 e. The van der Waals surface area contributed by atoms with Crippen LogP contribution in [0.25, 0.3) is 0 Å². The molecule has 1 atom stereocenters. The Morgan fingerprint density at radius 1 is 1.14 bits per heavy atom. The summed E-state index contributed by atoms with van der Waals surface area (Å²) in [4.78, 5) is 38.7. The Bertz CT molecular complexity index is 903. The van der Waals surface area contributed by atoms with Crippen molar-refractivity contribution in [3.63, 3.8) is 0 Å². The van der Waals surface area contributed by atoms with E-state index >= 15 is 0 Å². The van der Waals surface area contributed by atoms with Crippen molar-refractivity contribution in [3.8, 4) is 0 Å². The molecule has 1 aromatic carbocycles. The maximum atomic E-state index is 12.7. The van der Waals surface area contributed by atoms with Crippen molar-refractivity contribution >= 4 is 29.1 Å². The molecule has 2 N–H and O–H groups in total. The molecular weight excluding hydrogens is 374 g/mol. The Labute approximate surface area is 168 Å². The number of aryl methyl sites for hydroxylation is 1. The monoisotopic (exact) mass is 397 g/mol. The van der Waals surface area contributed by atoms with Crippen LogP contribution < -0.4 is 15.5 Å². The number of benzene rings is 1. The van der Waals surface area contributed by atoms with Crippen LogP contribution in [0.5, 0.6) is 0 Å². The first kappa shape index (κ1) is 19.2. The zero-order chi connectivity index (χ0) is 20.2. The summed E-state index contributed by atoms with van der Waals surface area (Å²) in [6.45, 7) is 1.57. The van der Waals surface area contributed by atoms with Gasteiger partial charge in [0.1, 0.15) is 0 Å². The first-order valence-electron chi connectivity index (χ1n) is 9.81. The van der Waals surface area contributed by atoms with E-state index in [1.165, 1.54) is 6.26 Å². The summed E-state index contributed by atoms with van der Waals surface area (Å²) in [5.41, 5.74) is 2.19. The summed E-state index contributed by atoms with van der Waals surface area (Å²) in [6.07, 6.45) is 4.96. The standard InChI is InChI=1S/C21H23N3O5/c25-19(22-13-16-5-2-10-28-16)20(26)23-15-8-7-14-4-1-9-24(17(14)12-15)21(27)18-6-3-11-29-18/h3,6-8,11-12,16H,1-2,4-5,9-10,13H2,(H,22,25)(H,23,26)/t16-/m1/s1. The molecule has 152 valence electrons. The average Bonchev–Trinajstić information content (AvgIpc) is 3.45. The first-order valence-corrected chi connectivity index (χ1v) is 9.81. The minimum Gasteiger partial charge on any atom is -0.459 e. The lowest BCUT2D eigenvalue weighted by Gasteiger charge is -2.29. The highest BCUT2D eigenvalue weighted by atomic mass is 16.5. The number of carbonyl (C=O) groups is 3. The van der Waals surface area contributed by atoms with Crippen molar-refractivity contribution < 1.29 is 23.5 Å². The molecule has 29 heavy (non-hydrogen) atoms. The molecule has 0 radical (unpaired) electrons. The predicted molar refractivity (Wildman–Crippen MR) is 106 cm³/mol. The Balaban J connectivity index is 1.44. The number of fused-ring (bicyclic) bond motifs is 1. The van der Waals surface area contributed by atoms with Gasteiger partial charge in [0.05, 0.1) is 12.4 Å². The Morgan fingerprint density at radius 3 is 2.79 bits per heavy atom. The first-order chi connectivity index (χ1) is 14.1. The number of carbonyl (C=O) groups excluding carboxylic acids is 3. The lowest BCUT2D eigenvalue weighted by atomic mass is 10.0. The maximum absolute atomic E-state index is 12.7. The van der Waals surface area contributed by atoms with Crippen LogP contribution in [0.15, 0.2) is 41.0 Å². The third-order valence-corrected chi connectivity index (χ3v) is 5.16. The van der Waals surface area contributed by atoms with Crippen molar-refractivity contribution in [1.82, 2.24) is 5.32 Å². The normalized spacial score (nSPS) is 18.2. The summed E-state index contributed by atoms with van der Waals surface area (Å²) in [5, 5.41) is 5.21. The van der Waals surface area contributed by atoms with E-state index in [0.717, 1.165) is 36.9 Å². The number of nitrogens with zero attached hydrogens (tertiary/aromatic N) is 1. The molecule has 1 saturated heterocycles. The van der Waals surface area contributed by atoms with Gasteiger partial charge < -0.3 is 24.7 Å². The van der Waals surface area contributed by atoms with Gasteiger partial charge in [-0.1, -0.05) is 6.07 Å². The smallest absolute Gasteiger partial charge is 0.313 e. The zero-order valence-electron chi connectivity index (χ0n) is 16.0. The molecule has 0 saturated carbocycles. The average molecular weight is 397 g/mol. The zero-order valence-corrected chi connectivity index (χ0v) is 16.0. The van der Waals surface area contributed by atoms with Gasteiger partial charge in [0.15, 0.2) is 5.76 Å². The molecule has 1 aromatic heterocycles. The molecule has 2 aromatic rings. The third kappa shape index (κ3) is 4.32. The van der Waals surface area contributed by atoms with Gasteiger partial charge in [-0.25, -0.2) is 0 Å². The van der Waals surface area contributed by atoms with Crippen molar-refractivity contribution in [1.29, 1.82) is 0 Å². The minimum atomic E-state index is -0.748. The molecule has 0 unspecified atom stereocenters. The number of ether oxygens (including phenoxy) is 1. The molecular formula is C21H23N3O5. The summed E-state index contributed by atoms with van der Waals surface area (Å²) in [5.74, 6) is -1.42.